The normalized spacial score (nSPS) is 17.1. The summed E-state index contributed by atoms with van der Waals surface area (Å²) in [6.45, 7) is 3.31. The maximum atomic E-state index is 11.9. The molecule has 0 unspecified atom stereocenters. The van der Waals surface area contributed by atoms with E-state index in [0.717, 1.165) is 34.3 Å². The molecule has 0 bridgehead atoms. The van der Waals surface area contributed by atoms with Gasteiger partial charge in [0, 0.05) is 0 Å². The number of methoxy groups -OCH3 is 1. The molecule has 5 nitrogen and oxygen atoms in total. The molecule has 0 radical (unpaired) electrons. The van der Waals surface area contributed by atoms with E-state index in [1.54, 1.807) is 11.3 Å². The molecule has 136 valence electrons. The molecule has 2 heterocycles. The molecule has 1 amide bonds. The van der Waals surface area contributed by atoms with E-state index in [1.807, 2.05) is 0 Å². The zero-order valence-corrected chi connectivity index (χ0v) is 20.2. The first-order valence-electron chi connectivity index (χ1n) is 8.21. The third-order valence-electron chi connectivity index (χ3n) is 3.95. The average molecular weight is 527 g/mol. The first kappa shape index (κ1) is 20.5. The van der Waals surface area contributed by atoms with Gasteiger partial charge in [-0.1, -0.05) is 0 Å². The predicted octanol–water partition coefficient (Wildman–Crippen LogP) is 4.62. The van der Waals surface area contributed by atoms with Crippen molar-refractivity contribution in [2.45, 2.75) is 46.8 Å². The van der Waals surface area contributed by atoms with Gasteiger partial charge in [0.2, 0.25) is 0 Å². The first-order chi connectivity index (χ1) is 11.2. The van der Waals surface area contributed by atoms with Crippen molar-refractivity contribution in [3.8, 4) is 0 Å². The third kappa shape index (κ3) is 4.28. The van der Waals surface area contributed by atoms with Crippen LogP contribution in [0.4, 0.5) is 10.5 Å². The van der Waals surface area contributed by atoms with E-state index in [1.165, 1.54) is 10.0 Å². The van der Waals surface area contributed by atoms with Gasteiger partial charge >= 0.3 is 161 Å². The van der Waals surface area contributed by atoms with Gasteiger partial charge < -0.3 is 0 Å². The molecule has 1 aliphatic heterocycles. The Morgan fingerprint density at radius 2 is 2.00 bits per heavy atom. The Morgan fingerprint density at radius 3 is 2.50 bits per heavy atom. The summed E-state index contributed by atoms with van der Waals surface area (Å²) in [5.74, 6) is -0.756. The SMILES string of the molecule is CCCCC1(c2[c]([Sn]([CH3])([CH3])[CH3])sc(Br)c2NC(=O)OC)OCCO1. The van der Waals surface area contributed by atoms with Crippen LogP contribution < -0.4 is 8.21 Å². The number of unbranched alkanes of at least 4 members (excludes halogenated alkanes) is 1. The minimum atomic E-state index is -2.47. The Balaban J connectivity index is 2.60. The molecule has 0 atom stereocenters. The van der Waals surface area contributed by atoms with Crippen molar-refractivity contribution in [1.29, 1.82) is 0 Å². The van der Waals surface area contributed by atoms with Crippen molar-refractivity contribution in [2.75, 3.05) is 25.6 Å². The van der Waals surface area contributed by atoms with Gasteiger partial charge in [0.05, 0.1) is 0 Å². The summed E-state index contributed by atoms with van der Waals surface area (Å²) < 4.78 is 19.3. The van der Waals surface area contributed by atoms with E-state index < -0.39 is 30.3 Å². The van der Waals surface area contributed by atoms with Crippen LogP contribution in [-0.4, -0.2) is 44.8 Å². The van der Waals surface area contributed by atoms with Crippen LogP contribution in [0.1, 0.15) is 31.7 Å². The van der Waals surface area contributed by atoms with Crippen LogP contribution in [0.15, 0.2) is 3.79 Å². The monoisotopic (exact) mass is 527 g/mol. The molecule has 0 aliphatic carbocycles. The quantitative estimate of drug-likeness (QED) is 0.549. The number of ether oxygens (including phenoxy) is 3. The molecule has 1 N–H and O–H groups in total. The van der Waals surface area contributed by atoms with Gasteiger partial charge in [0.1, 0.15) is 0 Å². The van der Waals surface area contributed by atoms with Crippen LogP contribution in [0.25, 0.3) is 0 Å². The van der Waals surface area contributed by atoms with Crippen LogP contribution in [0.3, 0.4) is 0 Å². The number of nitrogens with one attached hydrogen (secondary N) is 1. The van der Waals surface area contributed by atoms with Crippen molar-refractivity contribution in [1.82, 2.24) is 0 Å². The van der Waals surface area contributed by atoms with Crippen molar-refractivity contribution in [3.63, 3.8) is 0 Å². The zero-order chi connectivity index (χ0) is 18.0. The van der Waals surface area contributed by atoms with Crippen molar-refractivity contribution in [2.24, 2.45) is 0 Å². The number of amides is 1. The average Bonchev–Trinajstić information content (AvgIpc) is 3.11. The number of anilines is 1. The van der Waals surface area contributed by atoms with Crippen LogP contribution in [-0.2, 0) is 20.0 Å². The predicted molar refractivity (Wildman–Crippen MR) is 104 cm³/mol. The van der Waals surface area contributed by atoms with E-state index in [4.69, 9.17) is 14.2 Å². The number of carbonyl (C=O) groups is 1. The van der Waals surface area contributed by atoms with E-state index in [0.29, 0.717) is 13.2 Å². The Labute approximate surface area is 160 Å². The van der Waals surface area contributed by atoms with Gasteiger partial charge in [-0.15, -0.1) is 0 Å². The Kier molecular flexibility index (Phi) is 7.03. The molecule has 2 rings (SSSR count). The Bertz CT molecular complexity index is 594. The van der Waals surface area contributed by atoms with Gasteiger partial charge in [-0.2, -0.15) is 0 Å². The van der Waals surface area contributed by atoms with Crippen molar-refractivity contribution >= 4 is 60.3 Å². The van der Waals surface area contributed by atoms with Gasteiger partial charge in [0.15, 0.2) is 0 Å². The second-order valence-electron chi connectivity index (χ2n) is 6.87. The van der Waals surface area contributed by atoms with Crippen LogP contribution >= 0.6 is 27.3 Å². The Hall–Kier alpha value is 0.169. The van der Waals surface area contributed by atoms with E-state index in [9.17, 15) is 4.79 Å². The second-order valence-corrected chi connectivity index (χ2v) is 24.5. The molecular weight excluding hydrogens is 501 g/mol. The summed E-state index contributed by atoms with van der Waals surface area (Å²) in [7, 11) is 1.37. The first-order valence-corrected chi connectivity index (χ1v) is 19.8. The number of hydrogen-bond donors (Lipinski definition) is 1. The molecule has 24 heavy (non-hydrogen) atoms. The number of carbonyl (C=O) groups excluding carboxylic acids is 1. The van der Waals surface area contributed by atoms with Gasteiger partial charge in [-0.3, -0.25) is 0 Å². The molecule has 0 spiro atoms. The number of hydrogen-bond acceptors (Lipinski definition) is 5. The molecule has 8 heteroatoms. The Morgan fingerprint density at radius 1 is 1.38 bits per heavy atom. The number of rotatable bonds is 6. The molecule has 1 saturated heterocycles. The minimum absolute atomic E-state index is 0.478. The fourth-order valence-corrected chi connectivity index (χ4v) is 12.5. The summed E-state index contributed by atoms with van der Waals surface area (Å²) in [5, 5.41) is 2.88. The molecule has 0 aromatic carbocycles. The molecule has 1 aromatic rings. The maximum absolute atomic E-state index is 11.9. The van der Waals surface area contributed by atoms with Crippen molar-refractivity contribution < 1.29 is 19.0 Å². The standard InChI is InChI=1S/C13H17BrNO4S.3CH3.Sn/c1-3-4-5-13(18-6-7-19-13)9-8-20-11(14)10(9)15-12(16)17-2;;;;/h3-7H2,1-2H3,(H,15,16);3*1H3;. The van der Waals surface area contributed by atoms with E-state index in [-0.39, 0.29) is 0 Å². The summed E-state index contributed by atoms with van der Waals surface area (Å²) in [4.78, 5) is 18.9. The number of thiophene rings is 1. The van der Waals surface area contributed by atoms with Crippen LogP contribution in [0.2, 0.25) is 14.8 Å². The molecule has 1 fully saturated rings. The number of halogens is 1. The van der Waals surface area contributed by atoms with Gasteiger partial charge in [-0.05, 0) is 0 Å². The topological polar surface area (TPSA) is 56.8 Å². The fourth-order valence-electron chi connectivity index (χ4n) is 2.84. The van der Waals surface area contributed by atoms with E-state index in [2.05, 4.69) is 43.0 Å². The van der Waals surface area contributed by atoms with E-state index >= 15 is 0 Å². The van der Waals surface area contributed by atoms with Crippen LogP contribution in [0, 0.1) is 0 Å². The van der Waals surface area contributed by atoms with Gasteiger partial charge in [0.25, 0.3) is 0 Å². The third-order valence-corrected chi connectivity index (χ3v) is 15.2. The molecule has 1 aliphatic rings. The summed E-state index contributed by atoms with van der Waals surface area (Å²) in [6.07, 6.45) is 2.38. The molecule has 0 saturated carbocycles. The molecule has 1 aromatic heterocycles. The van der Waals surface area contributed by atoms with Crippen LogP contribution in [0.5, 0.6) is 0 Å². The zero-order valence-electron chi connectivity index (χ0n) is 15.0. The van der Waals surface area contributed by atoms with Crippen molar-refractivity contribution in [3.05, 3.63) is 9.35 Å². The fraction of sp³-hybridized carbons (Fsp3) is 0.688. The second kappa shape index (κ2) is 8.24. The summed E-state index contributed by atoms with van der Waals surface area (Å²) >= 11 is 2.86. The summed E-state index contributed by atoms with van der Waals surface area (Å²) in [6, 6.07) is 0. The van der Waals surface area contributed by atoms with Gasteiger partial charge in [-0.25, -0.2) is 0 Å². The summed E-state index contributed by atoms with van der Waals surface area (Å²) in [5.41, 5.74) is 1.76. The molecular formula is C16H26BrNO4SSn.